The number of allylic oxidation sites excluding steroid dienone is 3. The number of nitrogens with zero attached hydrogens (tertiary/aromatic N) is 11. The van der Waals surface area contributed by atoms with Crippen LogP contribution in [0, 0.1) is 11.8 Å². The highest BCUT2D eigenvalue weighted by atomic mass is 35.5. The van der Waals surface area contributed by atoms with Crippen molar-refractivity contribution in [3.05, 3.63) is 255 Å². The van der Waals surface area contributed by atoms with Gasteiger partial charge in [-0.1, -0.05) is 86.6 Å². The first kappa shape index (κ1) is 81.5. The third kappa shape index (κ3) is 17.9. The molecule has 1 aliphatic heterocycles. The number of para-hydroxylation sites is 1. The number of Topliss-reactive ketones (excluding diaryl/α,β-unsaturated/α-hetero) is 2. The molecule has 0 bridgehead atoms. The van der Waals surface area contributed by atoms with Crippen LogP contribution in [0.15, 0.2) is 203 Å². The van der Waals surface area contributed by atoms with Crippen LogP contribution in [-0.2, 0) is 22.8 Å². The van der Waals surface area contributed by atoms with Gasteiger partial charge in [0.15, 0.2) is 51.5 Å². The number of nitrogens with two attached hydrogens (primary N) is 1. The van der Waals surface area contributed by atoms with Crippen LogP contribution in [-0.4, -0.2) is 172 Å². The number of benzene rings is 5. The van der Waals surface area contributed by atoms with Crippen LogP contribution in [0.25, 0.3) is 49.8 Å². The molecule has 0 fully saturated rings. The average molecular weight is 1610 g/mol. The van der Waals surface area contributed by atoms with Gasteiger partial charge in [0.25, 0.3) is 23.6 Å². The van der Waals surface area contributed by atoms with Gasteiger partial charge in [-0.2, -0.15) is 37.2 Å². The van der Waals surface area contributed by atoms with Crippen molar-refractivity contribution in [3.63, 3.8) is 0 Å². The number of ether oxygens (including phenoxy) is 2. The predicted molar refractivity (Wildman–Crippen MR) is 419 cm³/mol. The highest BCUT2D eigenvalue weighted by molar-refractivity contribution is 7.13. The van der Waals surface area contributed by atoms with E-state index in [1.54, 1.807) is 141 Å². The van der Waals surface area contributed by atoms with E-state index in [0.717, 1.165) is 59.0 Å². The van der Waals surface area contributed by atoms with E-state index < -0.39 is 52.6 Å². The van der Waals surface area contributed by atoms with Crippen LogP contribution < -0.4 is 26.4 Å². The summed E-state index contributed by atoms with van der Waals surface area (Å²) in [7, 11) is 5.49. The molecule has 12 aromatic rings. The molecule has 2 unspecified atom stereocenters. The number of carbonyl (C=O) groups excluding carboxylic acids is 7. The number of imide groups is 1. The number of ketones is 2. The zero-order chi connectivity index (χ0) is 82.2. The van der Waals surface area contributed by atoms with E-state index in [9.17, 15) is 65.7 Å². The summed E-state index contributed by atoms with van der Waals surface area (Å²) in [5.41, 5.74) is 7.81. The van der Waals surface area contributed by atoms with E-state index in [0.29, 0.717) is 74.1 Å². The molecule has 4 amide bonds. The molecule has 0 saturated heterocycles. The number of hydrogen-bond acceptors (Lipinski definition) is 22. The minimum Gasteiger partial charge on any atom is -0.511 e. The number of fused-ring (bicyclic) bond motifs is 4. The lowest BCUT2D eigenvalue weighted by atomic mass is 9.70. The van der Waals surface area contributed by atoms with Gasteiger partial charge >= 0.3 is 17.5 Å². The van der Waals surface area contributed by atoms with Gasteiger partial charge in [-0.3, -0.25) is 33.7 Å². The first-order valence-corrected chi connectivity index (χ1v) is 37.2. The summed E-state index contributed by atoms with van der Waals surface area (Å²) in [4.78, 5) is 104. The number of aromatic nitrogens is 8. The zero-order valence-electron chi connectivity index (χ0n) is 62.5. The van der Waals surface area contributed by atoms with Crippen LogP contribution in [0.1, 0.15) is 117 Å². The normalized spacial score (nSPS) is 14.5. The topological polar surface area (TPSA) is 342 Å². The maximum absolute atomic E-state index is 14.3. The Bertz CT molecular complexity index is 5700. The first-order valence-electron chi connectivity index (χ1n) is 36.0. The van der Waals surface area contributed by atoms with Gasteiger partial charge in [-0.25, -0.2) is 28.5 Å². The Morgan fingerprint density at radius 3 is 1.98 bits per heavy atom. The summed E-state index contributed by atoms with van der Waals surface area (Å²) in [6, 6.07) is 42.2. The van der Waals surface area contributed by atoms with Crippen molar-refractivity contribution in [1.82, 2.24) is 64.3 Å². The van der Waals surface area contributed by atoms with Crippen molar-refractivity contribution in [1.29, 1.82) is 0 Å². The molecular formula is C81H75ClF5N15O12S. The molecule has 0 saturated carbocycles. The molecule has 7 aromatic heterocycles. The number of likely N-dealkylation sites (N-methyl/N-ethyl adjacent to an activating group) is 1. The molecule has 15 rings (SSSR count). The van der Waals surface area contributed by atoms with Crippen LogP contribution in [0.2, 0.25) is 0 Å². The third-order valence-electron chi connectivity index (χ3n) is 18.7. The molecule has 594 valence electrons. The Morgan fingerprint density at radius 2 is 1.36 bits per heavy atom. The molecule has 27 nitrogen and oxygen atoms in total. The van der Waals surface area contributed by atoms with Crippen LogP contribution >= 0.6 is 22.9 Å². The predicted octanol–water partition coefficient (Wildman–Crippen LogP) is 13.7. The molecule has 8 heterocycles. The second kappa shape index (κ2) is 35.0. The standard InChI is InChI=1S/C24H17ClF2N6O4.C20H15F3N4O2S.C19H22N2O4.C18H21N3O2/c1-2-36-23(35)15-13-28-32(14-7-4-3-5-8-14)21(15)30-22(34)17-12-20-29-16(18-9-6-10-37-18)11-19(24(25,26)27)33(20)31-17;1-29-13-6-4-12(5-7-13)11-24-19(28)15-10-18-25-14(16-3-2-8-30-16)9-17(20(21,22)23)27(18)26-15;1-21(2)9-5-8-20-13-10-14(22)15-16(19(13)25)18(24)12-7-4-3-6-11(12)17(15)23;1-3-20(4-2)8-9-21-17(22)14-7-5-6-12-10-13(19)11-15(16(12)14)18(21)23/h3-13H,2H2,1H3,(H,30,34);2-10H,11H2,1H3,(H,24,28);3-4,6-7,10,15-16,20,22,25H,5,8-9H2,1-2H3;5-7,10-11H,3-4,8-9,19H2,1-2H3. The number of nitrogens with one attached hydrogen (secondary N) is 3. The lowest BCUT2D eigenvalue weighted by Crippen LogP contribution is -2.44. The third-order valence-corrected chi connectivity index (χ3v) is 19.8. The number of carbonyl (C=O) groups is 7. The van der Waals surface area contributed by atoms with E-state index in [1.165, 1.54) is 51.6 Å². The number of aliphatic hydroxyl groups excluding tert-OH is 2. The van der Waals surface area contributed by atoms with Gasteiger partial charge in [0.05, 0.1) is 65.5 Å². The summed E-state index contributed by atoms with van der Waals surface area (Å²) in [6.07, 6.45) is 0.156. The summed E-state index contributed by atoms with van der Waals surface area (Å²) in [5, 5.41) is 40.7. The molecule has 5 aromatic carbocycles. The number of nitrogen functional groups attached to an aromatic ring is 1. The van der Waals surface area contributed by atoms with Crippen molar-refractivity contribution in [2.75, 3.05) is 78.1 Å². The van der Waals surface area contributed by atoms with E-state index in [2.05, 4.69) is 60.0 Å². The molecule has 7 N–H and O–H groups in total. The number of anilines is 2. The van der Waals surface area contributed by atoms with E-state index >= 15 is 0 Å². The fraction of sp³-hybridized carbons (Fsp3) is 0.235. The molecular weight excluding hydrogens is 1540 g/mol. The molecule has 2 aliphatic carbocycles. The summed E-state index contributed by atoms with van der Waals surface area (Å²) in [6.45, 7) is 10.4. The number of rotatable bonds is 22. The number of alkyl halides is 6. The Balaban J connectivity index is 0.000000144. The Hall–Kier alpha value is -13.0. The van der Waals surface area contributed by atoms with Gasteiger partial charge in [-0.05, 0) is 148 Å². The number of thiophene rings is 1. The van der Waals surface area contributed by atoms with Crippen molar-refractivity contribution in [2.24, 2.45) is 11.8 Å². The van der Waals surface area contributed by atoms with Gasteiger partial charge in [0.2, 0.25) is 0 Å². The molecule has 0 spiro atoms. The largest absolute Gasteiger partial charge is 0.511 e. The van der Waals surface area contributed by atoms with Crippen molar-refractivity contribution in [2.45, 2.75) is 45.3 Å². The number of halogens is 6. The van der Waals surface area contributed by atoms with Crippen LogP contribution in [0.5, 0.6) is 5.75 Å². The van der Waals surface area contributed by atoms with E-state index in [4.69, 9.17) is 31.2 Å². The Morgan fingerprint density at radius 1 is 0.713 bits per heavy atom. The van der Waals surface area contributed by atoms with Crippen LogP contribution in [0.4, 0.5) is 33.5 Å². The fourth-order valence-corrected chi connectivity index (χ4v) is 13.8. The quantitative estimate of drug-likeness (QED) is 0.00916. The number of amides is 4. The maximum atomic E-state index is 14.3. The maximum Gasteiger partial charge on any atom is 0.433 e. The van der Waals surface area contributed by atoms with Gasteiger partial charge in [0, 0.05) is 72.2 Å². The lowest BCUT2D eigenvalue weighted by Gasteiger charge is -2.33. The minimum atomic E-state index is -4.66. The van der Waals surface area contributed by atoms with Crippen molar-refractivity contribution >= 4 is 97.7 Å². The van der Waals surface area contributed by atoms with E-state index in [1.807, 2.05) is 31.1 Å². The molecule has 0 radical (unpaired) electrons. The molecule has 115 heavy (non-hydrogen) atoms. The monoisotopic (exact) mass is 1610 g/mol. The number of methoxy groups -OCH3 is 1. The number of aliphatic hydroxyl groups is 2. The SMILES string of the molecule is CCN(CC)CCN1C(=O)c2cccc3cc(N)cc(c23)C1=O.CCOC(=O)c1cnn(-c2ccccc2)c1NC(=O)c1cc2nc(-c3ccco3)cc(C(F)(F)Cl)n2n1.CN(C)CCCNC1=C(O)C2C(=O)c3ccccc3C(=O)C2C(O)=C1.COc1ccc(CNC(=O)c2cc3nc(-c4cccs4)cc(C(F)(F)F)n3n2)cc1. The minimum absolute atomic E-state index is 0.00553. The van der Waals surface area contributed by atoms with Crippen molar-refractivity contribution in [3.8, 4) is 33.5 Å². The van der Waals surface area contributed by atoms with Gasteiger partial charge in [0.1, 0.15) is 34.2 Å². The zero-order valence-corrected chi connectivity index (χ0v) is 64.1. The molecule has 34 heteroatoms. The van der Waals surface area contributed by atoms with Gasteiger partial charge in [-0.15, -0.1) is 11.3 Å². The second-order valence-corrected chi connectivity index (χ2v) is 27.8. The van der Waals surface area contributed by atoms with E-state index in [-0.39, 0.29) is 99.3 Å². The fourth-order valence-electron chi connectivity index (χ4n) is 13.0. The second-order valence-electron chi connectivity index (χ2n) is 26.4. The number of hydrogen-bond donors (Lipinski definition) is 6. The first-order chi connectivity index (χ1) is 55.1. The summed E-state index contributed by atoms with van der Waals surface area (Å²) in [5.74, 6) is -4.83. The average Bonchev–Trinajstić information content (AvgIpc) is 1.73. The van der Waals surface area contributed by atoms with Crippen LogP contribution in [0.3, 0.4) is 0 Å². The van der Waals surface area contributed by atoms with Gasteiger partial charge < -0.3 is 55.6 Å². The highest BCUT2D eigenvalue weighted by Crippen LogP contribution is 2.42. The lowest BCUT2D eigenvalue weighted by molar-refractivity contribution is -0.142. The summed E-state index contributed by atoms with van der Waals surface area (Å²) >= 11 is 6.61. The smallest absolute Gasteiger partial charge is 0.433 e. The number of furan rings is 1. The van der Waals surface area contributed by atoms with Crippen molar-refractivity contribution < 1.29 is 79.6 Å². The highest BCUT2D eigenvalue weighted by Gasteiger charge is 2.49. The molecule has 2 atom stereocenters. The Kier molecular flexibility index (Phi) is 24.8. The summed E-state index contributed by atoms with van der Waals surface area (Å²) < 4.78 is 87.4. The molecule has 3 aliphatic rings. The number of esters is 1. The Labute approximate surface area is 662 Å².